The van der Waals surface area contributed by atoms with Gasteiger partial charge in [-0.1, -0.05) is 78.9 Å². The monoisotopic (exact) mass is 673 g/mol. The largest absolute Gasteiger partial charge is 0.465 e. The maximum Gasteiger partial charge on any atom is 0.405 e. The van der Waals surface area contributed by atoms with E-state index < -0.39 is 33.8 Å². The lowest BCUT2D eigenvalue weighted by Gasteiger charge is -2.31. The molecule has 1 saturated heterocycles. The van der Waals surface area contributed by atoms with Crippen molar-refractivity contribution in [3.63, 3.8) is 0 Å². The quantitative estimate of drug-likeness (QED) is 0.135. The first-order valence-corrected chi connectivity index (χ1v) is 18.3. The molecule has 5 rings (SSSR count). The molecular weight excluding hydrogens is 635 g/mol. The highest BCUT2D eigenvalue weighted by atomic mass is 32.2. The number of morpholine rings is 1. The zero-order valence-corrected chi connectivity index (χ0v) is 27.7. The number of carbonyl (C=O) groups excluding carboxylic acids is 1. The summed E-state index contributed by atoms with van der Waals surface area (Å²) in [4.78, 5) is 27.1. The number of aryl methyl sites for hydroxylation is 1. The van der Waals surface area contributed by atoms with Gasteiger partial charge in [-0.05, 0) is 59.9 Å². The number of sulfone groups is 1. The maximum absolute atomic E-state index is 13.9. The second kappa shape index (κ2) is 16.1. The van der Waals surface area contributed by atoms with Gasteiger partial charge < -0.3 is 25.8 Å². The van der Waals surface area contributed by atoms with Crippen molar-refractivity contribution in [3.05, 3.63) is 126 Å². The van der Waals surface area contributed by atoms with Crippen molar-refractivity contribution in [2.24, 2.45) is 0 Å². The third kappa shape index (κ3) is 9.68. The first-order chi connectivity index (χ1) is 22.7. The molecule has 3 atom stereocenters. The van der Waals surface area contributed by atoms with Gasteiger partial charge in [0.25, 0.3) is 0 Å². The van der Waals surface area contributed by atoms with Crippen molar-refractivity contribution in [2.75, 3.05) is 30.4 Å². The van der Waals surface area contributed by atoms with Crippen LogP contribution in [0.3, 0.4) is 0 Å². The Morgan fingerprint density at radius 1 is 0.872 bits per heavy atom. The minimum Gasteiger partial charge on any atom is -0.465 e. The van der Waals surface area contributed by atoms with Gasteiger partial charge in [-0.2, -0.15) is 0 Å². The van der Waals surface area contributed by atoms with Gasteiger partial charge in [0.1, 0.15) is 6.04 Å². The normalized spacial score (nSPS) is 17.1. The standard InChI is InChI=1S/C36H39N3O6S2/c1-47(43,44)31-20-18-30(19-21-31)46-24-29-23-37-22-28(45-29)17-16-25-10-8-9-15-32(25)38-35(40)34(39-36(41)42)33(26-11-4-2-5-12-26)27-13-6-3-7-14-27/h2-15,18-21,28-29,33-34,37,39H,16-17,22-24H2,1H3,(H,38,40)(H,41,42)/t28-,29+,34?/m1/s1. The molecule has 2 amide bonds. The van der Waals surface area contributed by atoms with Crippen LogP contribution in [-0.4, -0.2) is 68.9 Å². The molecule has 47 heavy (non-hydrogen) atoms. The van der Waals surface area contributed by atoms with Gasteiger partial charge in [0.2, 0.25) is 5.91 Å². The van der Waals surface area contributed by atoms with Gasteiger partial charge in [0.15, 0.2) is 9.84 Å². The predicted molar refractivity (Wildman–Crippen MR) is 185 cm³/mol. The van der Waals surface area contributed by atoms with E-state index in [0.29, 0.717) is 23.5 Å². The Kier molecular flexibility index (Phi) is 11.7. The number of ether oxygens (including phenoxy) is 1. The molecule has 1 heterocycles. The summed E-state index contributed by atoms with van der Waals surface area (Å²) in [5.41, 5.74) is 3.20. The van der Waals surface area contributed by atoms with E-state index in [2.05, 4.69) is 16.0 Å². The number of carbonyl (C=O) groups is 2. The molecule has 1 aliphatic rings. The van der Waals surface area contributed by atoms with Gasteiger partial charge in [0, 0.05) is 41.6 Å². The zero-order chi connectivity index (χ0) is 33.2. The SMILES string of the molecule is CS(=O)(=O)c1ccc(SC[C@@H]2CNC[C@@H](CCc3ccccc3NC(=O)C(NC(=O)O)C(c3ccccc3)c3ccccc3)O2)cc1. The minimum atomic E-state index is -3.23. The first-order valence-electron chi connectivity index (χ1n) is 15.4. The number of hydrogen-bond donors (Lipinski definition) is 4. The van der Waals surface area contributed by atoms with Crippen molar-refractivity contribution < 1.29 is 27.9 Å². The summed E-state index contributed by atoms with van der Waals surface area (Å²) in [6.45, 7) is 1.43. The van der Waals surface area contributed by atoms with Crippen LogP contribution >= 0.6 is 11.8 Å². The molecule has 11 heteroatoms. The number of hydrogen-bond acceptors (Lipinski definition) is 7. The summed E-state index contributed by atoms with van der Waals surface area (Å²) < 4.78 is 29.9. The molecule has 1 fully saturated rings. The number of rotatable bonds is 13. The Morgan fingerprint density at radius 2 is 1.47 bits per heavy atom. The number of carboxylic acid groups (broad SMARTS) is 1. The van der Waals surface area contributed by atoms with E-state index >= 15 is 0 Å². The molecule has 9 nitrogen and oxygen atoms in total. The lowest BCUT2D eigenvalue weighted by Crippen LogP contribution is -2.47. The fourth-order valence-corrected chi connectivity index (χ4v) is 7.27. The summed E-state index contributed by atoms with van der Waals surface area (Å²) >= 11 is 1.62. The van der Waals surface area contributed by atoms with Crippen LogP contribution in [-0.2, 0) is 25.8 Å². The van der Waals surface area contributed by atoms with Crippen LogP contribution in [0, 0.1) is 0 Å². The van der Waals surface area contributed by atoms with Crippen molar-refractivity contribution in [1.82, 2.24) is 10.6 Å². The van der Waals surface area contributed by atoms with Gasteiger partial charge in [-0.15, -0.1) is 11.8 Å². The molecule has 246 valence electrons. The second-order valence-electron chi connectivity index (χ2n) is 11.5. The lowest BCUT2D eigenvalue weighted by molar-refractivity contribution is -0.118. The summed E-state index contributed by atoms with van der Waals surface area (Å²) in [6, 6.07) is 32.2. The first kappa shape index (κ1) is 34.2. The maximum atomic E-state index is 13.9. The highest BCUT2D eigenvalue weighted by molar-refractivity contribution is 7.99. The van der Waals surface area contributed by atoms with Crippen LogP contribution in [0.4, 0.5) is 10.5 Å². The third-order valence-electron chi connectivity index (χ3n) is 8.04. The van der Waals surface area contributed by atoms with E-state index in [1.165, 1.54) is 6.26 Å². The highest BCUT2D eigenvalue weighted by Gasteiger charge is 2.33. The van der Waals surface area contributed by atoms with Crippen LogP contribution in [0.2, 0.25) is 0 Å². The molecule has 4 aromatic carbocycles. The number of amides is 2. The second-order valence-corrected chi connectivity index (χ2v) is 14.6. The Bertz CT molecular complexity index is 1700. The fraction of sp³-hybridized carbons (Fsp3) is 0.278. The molecule has 1 unspecified atom stereocenters. The average molecular weight is 674 g/mol. The van der Waals surface area contributed by atoms with Crippen LogP contribution in [0.15, 0.2) is 119 Å². The van der Waals surface area contributed by atoms with E-state index in [4.69, 9.17) is 4.74 Å². The van der Waals surface area contributed by atoms with E-state index in [1.807, 2.05) is 97.1 Å². The summed E-state index contributed by atoms with van der Waals surface area (Å²) in [7, 11) is -3.23. The third-order valence-corrected chi connectivity index (χ3v) is 10.3. The molecular formula is C36H39N3O6S2. The van der Waals surface area contributed by atoms with E-state index in [1.54, 1.807) is 23.9 Å². The van der Waals surface area contributed by atoms with Gasteiger partial charge in [-0.3, -0.25) is 4.79 Å². The molecule has 4 aromatic rings. The molecule has 0 saturated carbocycles. The Labute approximate surface area is 280 Å². The van der Waals surface area contributed by atoms with Gasteiger partial charge >= 0.3 is 6.09 Å². The molecule has 0 bridgehead atoms. The molecule has 0 radical (unpaired) electrons. The van der Waals surface area contributed by atoms with Crippen molar-refractivity contribution in [3.8, 4) is 0 Å². The van der Waals surface area contributed by atoms with Gasteiger partial charge in [-0.25, -0.2) is 13.2 Å². The molecule has 0 spiro atoms. The summed E-state index contributed by atoms with van der Waals surface area (Å²) in [5, 5.41) is 18.7. The van der Waals surface area contributed by atoms with Gasteiger partial charge in [0.05, 0.1) is 17.1 Å². The Morgan fingerprint density at radius 3 is 2.09 bits per heavy atom. The number of para-hydroxylation sites is 1. The summed E-state index contributed by atoms with van der Waals surface area (Å²) in [6.07, 6.45) is 1.23. The van der Waals surface area contributed by atoms with Crippen LogP contribution in [0.25, 0.3) is 0 Å². The van der Waals surface area contributed by atoms with Crippen molar-refractivity contribution in [1.29, 1.82) is 0 Å². The number of benzene rings is 4. The topological polar surface area (TPSA) is 134 Å². The zero-order valence-electron chi connectivity index (χ0n) is 26.0. The highest BCUT2D eigenvalue weighted by Crippen LogP contribution is 2.30. The number of thioether (sulfide) groups is 1. The van der Waals surface area contributed by atoms with Crippen LogP contribution < -0.4 is 16.0 Å². The van der Waals surface area contributed by atoms with E-state index in [-0.39, 0.29) is 12.2 Å². The molecule has 4 N–H and O–H groups in total. The number of anilines is 1. The van der Waals surface area contributed by atoms with Crippen molar-refractivity contribution in [2.45, 2.75) is 46.8 Å². The number of nitrogens with one attached hydrogen (secondary N) is 3. The van der Waals surface area contributed by atoms with E-state index in [9.17, 15) is 23.1 Å². The van der Waals surface area contributed by atoms with E-state index in [0.717, 1.165) is 40.3 Å². The van der Waals surface area contributed by atoms with Crippen LogP contribution in [0.1, 0.15) is 29.0 Å². The van der Waals surface area contributed by atoms with Crippen molar-refractivity contribution >= 4 is 39.3 Å². The lowest BCUT2D eigenvalue weighted by atomic mass is 9.84. The molecule has 0 aliphatic carbocycles. The molecule has 0 aromatic heterocycles. The average Bonchev–Trinajstić information content (AvgIpc) is 3.07. The molecule has 1 aliphatic heterocycles. The van der Waals surface area contributed by atoms with Crippen LogP contribution in [0.5, 0.6) is 0 Å². The predicted octanol–water partition coefficient (Wildman–Crippen LogP) is 5.58. The fourth-order valence-electron chi connectivity index (χ4n) is 5.73. The minimum absolute atomic E-state index is 0.0148. The Balaban J connectivity index is 1.23. The summed E-state index contributed by atoms with van der Waals surface area (Å²) in [5.74, 6) is -0.277. The smallest absolute Gasteiger partial charge is 0.405 e. The Hall–Kier alpha value is -4.16.